The van der Waals surface area contributed by atoms with Crippen molar-refractivity contribution in [1.29, 1.82) is 0 Å². The number of fused-ring (bicyclic) bond motifs is 1. The molecule has 0 bridgehead atoms. The molecule has 0 saturated carbocycles. The van der Waals surface area contributed by atoms with Gasteiger partial charge >= 0.3 is 11.7 Å². The average Bonchev–Trinajstić information content (AvgIpc) is 2.75. The van der Waals surface area contributed by atoms with Gasteiger partial charge in [0.15, 0.2) is 0 Å². The molecule has 0 unspecified atom stereocenters. The van der Waals surface area contributed by atoms with Crippen molar-refractivity contribution in [2.75, 3.05) is 6.61 Å². The predicted molar refractivity (Wildman–Crippen MR) is 81.6 cm³/mol. The van der Waals surface area contributed by atoms with E-state index < -0.39 is 11.9 Å². The summed E-state index contributed by atoms with van der Waals surface area (Å²) in [5.41, 5.74) is 6.61. The monoisotopic (exact) mass is 305 g/mol. The van der Waals surface area contributed by atoms with Gasteiger partial charge in [-0.1, -0.05) is 0 Å². The minimum Gasteiger partial charge on any atom is -0.462 e. The highest BCUT2D eigenvalue weighted by Gasteiger charge is 2.15. The van der Waals surface area contributed by atoms with Crippen LogP contribution in [0.25, 0.3) is 11.0 Å². The molecule has 7 nitrogen and oxygen atoms in total. The zero-order valence-electron chi connectivity index (χ0n) is 12.7. The van der Waals surface area contributed by atoms with Crippen LogP contribution in [0.1, 0.15) is 30.6 Å². The van der Waals surface area contributed by atoms with Gasteiger partial charge in [0.2, 0.25) is 5.91 Å². The van der Waals surface area contributed by atoms with Gasteiger partial charge in [0.25, 0.3) is 0 Å². The molecule has 0 aliphatic rings. The Balaban J connectivity index is 2.57. The summed E-state index contributed by atoms with van der Waals surface area (Å²) >= 11 is 0. The molecular weight excluding hydrogens is 286 g/mol. The zero-order chi connectivity index (χ0) is 16.3. The standard InChI is InChI=1S/C15H19N3O4/c1-3-17-11-6-5-10(14(20)22-4-2)9-12(11)18(15(17)21)8-7-13(16)19/h5-6,9H,3-4,7-8H2,1-2H3,(H2,16,19). The van der Waals surface area contributed by atoms with Crippen molar-refractivity contribution in [3.8, 4) is 0 Å². The summed E-state index contributed by atoms with van der Waals surface area (Å²) in [5, 5.41) is 0. The number of ether oxygens (including phenoxy) is 1. The molecule has 2 aromatic rings. The summed E-state index contributed by atoms with van der Waals surface area (Å²) in [4.78, 5) is 35.2. The van der Waals surface area contributed by atoms with Gasteiger partial charge in [-0.25, -0.2) is 9.59 Å². The lowest BCUT2D eigenvalue weighted by molar-refractivity contribution is -0.118. The number of rotatable bonds is 6. The first-order chi connectivity index (χ1) is 10.5. The number of nitrogens with zero attached hydrogens (tertiary/aromatic N) is 2. The number of esters is 1. The van der Waals surface area contributed by atoms with Crippen LogP contribution in [-0.4, -0.2) is 27.6 Å². The third-order valence-corrected chi connectivity index (χ3v) is 3.43. The Bertz CT molecular complexity index is 773. The van der Waals surface area contributed by atoms with E-state index in [1.165, 1.54) is 4.57 Å². The molecule has 1 aromatic carbocycles. The first-order valence-electron chi connectivity index (χ1n) is 7.18. The molecule has 0 fully saturated rings. The van der Waals surface area contributed by atoms with Crippen molar-refractivity contribution in [2.24, 2.45) is 5.73 Å². The summed E-state index contributed by atoms with van der Waals surface area (Å²) in [6.45, 7) is 4.55. The van der Waals surface area contributed by atoms with Gasteiger partial charge in [-0.05, 0) is 32.0 Å². The SMILES string of the molecule is CCOC(=O)c1ccc2c(c1)n(CCC(N)=O)c(=O)n2CC. The number of primary amides is 1. The Morgan fingerprint density at radius 3 is 2.50 bits per heavy atom. The third kappa shape index (κ3) is 2.88. The van der Waals surface area contributed by atoms with Gasteiger partial charge in [0, 0.05) is 19.5 Å². The van der Waals surface area contributed by atoms with E-state index in [1.807, 2.05) is 6.92 Å². The van der Waals surface area contributed by atoms with E-state index in [4.69, 9.17) is 10.5 Å². The largest absolute Gasteiger partial charge is 0.462 e. The fourth-order valence-corrected chi connectivity index (χ4v) is 2.40. The van der Waals surface area contributed by atoms with Crippen LogP contribution in [0, 0.1) is 0 Å². The third-order valence-electron chi connectivity index (χ3n) is 3.43. The topological polar surface area (TPSA) is 96.3 Å². The van der Waals surface area contributed by atoms with E-state index in [1.54, 1.807) is 29.7 Å². The van der Waals surface area contributed by atoms with E-state index in [0.29, 0.717) is 23.1 Å². The molecule has 2 N–H and O–H groups in total. The number of hydrogen-bond donors (Lipinski definition) is 1. The Hall–Kier alpha value is -2.57. The summed E-state index contributed by atoms with van der Waals surface area (Å²) in [6, 6.07) is 4.96. The quantitative estimate of drug-likeness (QED) is 0.801. The summed E-state index contributed by atoms with van der Waals surface area (Å²) in [6.07, 6.45) is 0.0619. The Kier molecular flexibility index (Phi) is 4.65. The van der Waals surface area contributed by atoms with E-state index >= 15 is 0 Å². The fraction of sp³-hybridized carbons (Fsp3) is 0.400. The van der Waals surface area contributed by atoms with Crippen LogP contribution in [0.4, 0.5) is 0 Å². The zero-order valence-corrected chi connectivity index (χ0v) is 12.7. The summed E-state index contributed by atoms with van der Waals surface area (Å²) in [7, 11) is 0. The van der Waals surface area contributed by atoms with Crippen LogP contribution in [0.2, 0.25) is 0 Å². The minimum atomic E-state index is -0.481. The van der Waals surface area contributed by atoms with Crippen molar-refractivity contribution < 1.29 is 14.3 Å². The maximum absolute atomic E-state index is 12.4. The normalized spacial score (nSPS) is 10.8. The van der Waals surface area contributed by atoms with Gasteiger partial charge in [-0.15, -0.1) is 0 Å². The second-order valence-electron chi connectivity index (χ2n) is 4.82. The van der Waals surface area contributed by atoms with Crippen LogP contribution in [-0.2, 0) is 22.6 Å². The Morgan fingerprint density at radius 2 is 1.91 bits per heavy atom. The number of hydrogen-bond acceptors (Lipinski definition) is 4. The second-order valence-corrected chi connectivity index (χ2v) is 4.82. The van der Waals surface area contributed by atoms with Crippen LogP contribution >= 0.6 is 0 Å². The number of nitrogens with two attached hydrogens (primary N) is 1. The molecule has 0 radical (unpaired) electrons. The molecule has 1 aromatic heterocycles. The van der Waals surface area contributed by atoms with E-state index in [2.05, 4.69) is 0 Å². The molecule has 22 heavy (non-hydrogen) atoms. The summed E-state index contributed by atoms with van der Waals surface area (Å²) in [5.74, 6) is -0.923. The van der Waals surface area contributed by atoms with E-state index in [-0.39, 0.29) is 25.3 Å². The number of benzene rings is 1. The first kappa shape index (κ1) is 15.8. The molecule has 1 amide bonds. The smallest absolute Gasteiger partial charge is 0.338 e. The van der Waals surface area contributed by atoms with Crippen molar-refractivity contribution in [3.05, 3.63) is 34.2 Å². The Morgan fingerprint density at radius 1 is 1.18 bits per heavy atom. The molecule has 0 spiro atoms. The van der Waals surface area contributed by atoms with Gasteiger partial charge in [0.1, 0.15) is 0 Å². The number of aryl methyl sites for hydroxylation is 2. The molecule has 7 heteroatoms. The van der Waals surface area contributed by atoms with Crippen LogP contribution in [0.15, 0.2) is 23.0 Å². The Labute approximate surface area is 127 Å². The molecule has 0 aliphatic carbocycles. The lowest BCUT2D eigenvalue weighted by atomic mass is 10.2. The number of aromatic nitrogens is 2. The van der Waals surface area contributed by atoms with E-state index in [0.717, 1.165) is 0 Å². The molecule has 0 aliphatic heterocycles. The highest BCUT2D eigenvalue weighted by Crippen LogP contribution is 2.17. The lowest BCUT2D eigenvalue weighted by Crippen LogP contribution is -2.25. The van der Waals surface area contributed by atoms with Gasteiger partial charge in [-0.2, -0.15) is 0 Å². The molecule has 1 heterocycles. The van der Waals surface area contributed by atoms with Crippen molar-refractivity contribution in [1.82, 2.24) is 9.13 Å². The van der Waals surface area contributed by atoms with Crippen molar-refractivity contribution >= 4 is 22.9 Å². The van der Waals surface area contributed by atoms with Gasteiger partial charge < -0.3 is 10.5 Å². The maximum Gasteiger partial charge on any atom is 0.338 e. The van der Waals surface area contributed by atoms with Gasteiger partial charge in [-0.3, -0.25) is 13.9 Å². The highest BCUT2D eigenvalue weighted by molar-refractivity contribution is 5.93. The minimum absolute atomic E-state index is 0.0619. The number of carbonyl (C=O) groups is 2. The predicted octanol–water partition coefficient (Wildman–Crippen LogP) is 0.875. The van der Waals surface area contributed by atoms with Crippen molar-refractivity contribution in [3.63, 3.8) is 0 Å². The number of carbonyl (C=O) groups excluding carboxylic acids is 2. The highest BCUT2D eigenvalue weighted by atomic mass is 16.5. The first-order valence-corrected chi connectivity index (χ1v) is 7.18. The molecule has 0 saturated heterocycles. The molecule has 2 rings (SSSR count). The lowest BCUT2D eigenvalue weighted by Gasteiger charge is -2.04. The van der Waals surface area contributed by atoms with Gasteiger partial charge in [0.05, 0.1) is 23.2 Å². The van der Waals surface area contributed by atoms with Crippen LogP contribution in [0.3, 0.4) is 0 Å². The number of imidazole rings is 1. The summed E-state index contributed by atoms with van der Waals surface area (Å²) < 4.78 is 8.02. The maximum atomic E-state index is 12.4. The van der Waals surface area contributed by atoms with Crippen LogP contribution < -0.4 is 11.4 Å². The van der Waals surface area contributed by atoms with Crippen molar-refractivity contribution in [2.45, 2.75) is 33.4 Å². The fourth-order valence-electron chi connectivity index (χ4n) is 2.40. The molecular formula is C15H19N3O4. The molecule has 118 valence electrons. The average molecular weight is 305 g/mol. The number of amides is 1. The van der Waals surface area contributed by atoms with Crippen LogP contribution in [0.5, 0.6) is 0 Å². The van der Waals surface area contributed by atoms with E-state index in [9.17, 15) is 14.4 Å². The molecule has 0 atom stereocenters. The second kappa shape index (κ2) is 6.46.